The monoisotopic (exact) mass is 223 g/mol. The fraction of sp³-hybridized carbons (Fsp3) is 0. The number of hydrogen-bond acceptors (Lipinski definition) is 4. The van der Waals surface area contributed by atoms with Crippen molar-refractivity contribution in [2.24, 2.45) is 0 Å². The summed E-state index contributed by atoms with van der Waals surface area (Å²) >= 11 is 0. The van der Waals surface area contributed by atoms with Crippen molar-refractivity contribution in [2.75, 3.05) is 0 Å². The van der Waals surface area contributed by atoms with E-state index in [2.05, 4.69) is 20.1 Å². The van der Waals surface area contributed by atoms with Crippen molar-refractivity contribution in [1.82, 2.24) is 24.7 Å². The quantitative estimate of drug-likeness (QED) is 0.663. The third-order valence-corrected chi connectivity index (χ3v) is 2.41. The standard InChI is InChI=1S/C12H9N5/c1-3-13-4-2-10(1)11-5-16-17(8-11)12-6-14-9-15-7-12/h1-9H. The molecule has 0 saturated heterocycles. The molecule has 3 aromatic rings. The third-order valence-electron chi connectivity index (χ3n) is 2.41. The highest BCUT2D eigenvalue weighted by molar-refractivity contribution is 5.61. The molecule has 0 amide bonds. The molecule has 82 valence electrons. The summed E-state index contributed by atoms with van der Waals surface area (Å²) < 4.78 is 1.75. The maximum absolute atomic E-state index is 4.28. The molecule has 0 atom stereocenters. The highest BCUT2D eigenvalue weighted by Crippen LogP contribution is 2.18. The Bertz CT molecular complexity index is 549. The molecule has 0 aliphatic heterocycles. The minimum Gasteiger partial charge on any atom is -0.265 e. The Hall–Kier alpha value is -2.56. The van der Waals surface area contributed by atoms with Crippen molar-refractivity contribution >= 4 is 0 Å². The molecule has 5 nitrogen and oxygen atoms in total. The Morgan fingerprint density at radius 1 is 0.824 bits per heavy atom. The predicted molar refractivity (Wildman–Crippen MR) is 62.4 cm³/mol. The maximum Gasteiger partial charge on any atom is 0.115 e. The molecule has 3 rings (SSSR count). The molecule has 3 heterocycles. The highest BCUT2D eigenvalue weighted by atomic mass is 15.3. The Morgan fingerprint density at radius 2 is 1.59 bits per heavy atom. The van der Waals surface area contributed by atoms with Gasteiger partial charge in [-0.15, -0.1) is 0 Å². The molecule has 0 radical (unpaired) electrons. The number of aromatic nitrogens is 5. The van der Waals surface area contributed by atoms with Gasteiger partial charge in [-0.25, -0.2) is 14.6 Å². The minimum absolute atomic E-state index is 0.841. The van der Waals surface area contributed by atoms with Gasteiger partial charge in [0.1, 0.15) is 12.0 Å². The van der Waals surface area contributed by atoms with E-state index in [1.807, 2.05) is 24.5 Å². The van der Waals surface area contributed by atoms with Crippen LogP contribution in [0.15, 0.2) is 55.6 Å². The van der Waals surface area contributed by atoms with Gasteiger partial charge in [0.05, 0.1) is 18.6 Å². The largest absolute Gasteiger partial charge is 0.265 e. The van der Waals surface area contributed by atoms with Crippen molar-refractivity contribution in [3.05, 3.63) is 55.6 Å². The molecule has 0 bridgehead atoms. The van der Waals surface area contributed by atoms with E-state index in [1.165, 1.54) is 6.33 Å². The Morgan fingerprint density at radius 3 is 2.35 bits per heavy atom. The van der Waals surface area contributed by atoms with Crippen LogP contribution in [0.25, 0.3) is 16.8 Å². The van der Waals surface area contributed by atoms with Gasteiger partial charge in [0, 0.05) is 24.2 Å². The SMILES string of the molecule is c1cc(-c2cnn(-c3cncnc3)c2)ccn1. The van der Waals surface area contributed by atoms with E-state index in [0.717, 1.165) is 16.8 Å². The van der Waals surface area contributed by atoms with Crippen LogP contribution in [-0.4, -0.2) is 24.7 Å². The molecule has 3 aromatic heterocycles. The lowest BCUT2D eigenvalue weighted by Gasteiger charge is -1.98. The summed E-state index contributed by atoms with van der Waals surface area (Å²) in [6, 6.07) is 3.89. The first-order valence-electron chi connectivity index (χ1n) is 5.14. The van der Waals surface area contributed by atoms with E-state index in [0.29, 0.717) is 0 Å². The third kappa shape index (κ3) is 1.90. The molecule has 17 heavy (non-hydrogen) atoms. The topological polar surface area (TPSA) is 56.5 Å². The molecule has 0 aliphatic rings. The lowest BCUT2D eigenvalue weighted by molar-refractivity contribution is 0.864. The van der Waals surface area contributed by atoms with E-state index in [4.69, 9.17) is 0 Å². The summed E-state index contributed by atoms with van der Waals surface area (Å²) in [7, 11) is 0. The van der Waals surface area contributed by atoms with Crippen LogP contribution in [0.2, 0.25) is 0 Å². The molecule has 0 unspecified atom stereocenters. The zero-order chi connectivity index (χ0) is 11.5. The van der Waals surface area contributed by atoms with Crippen molar-refractivity contribution in [1.29, 1.82) is 0 Å². The van der Waals surface area contributed by atoms with Crippen molar-refractivity contribution < 1.29 is 0 Å². The Labute approximate surface area is 97.8 Å². The lowest BCUT2D eigenvalue weighted by Crippen LogP contribution is -1.95. The van der Waals surface area contributed by atoms with Crippen LogP contribution in [0, 0.1) is 0 Å². The van der Waals surface area contributed by atoms with Gasteiger partial charge in [-0.1, -0.05) is 0 Å². The number of hydrogen-bond donors (Lipinski definition) is 0. The van der Waals surface area contributed by atoms with Crippen LogP contribution in [0.5, 0.6) is 0 Å². The van der Waals surface area contributed by atoms with Crippen molar-refractivity contribution in [2.45, 2.75) is 0 Å². The van der Waals surface area contributed by atoms with Gasteiger partial charge in [0.2, 0.25) is 0 Å². The molecule has 0 spiro atoms. The van der Waals surface area contributed by atoms with Crippen LogP contribution >= 0.6 is 0 Å². The number of pyridine rings is 1. The molecule has 0 aliphatic carbocycles. The molecular weight excluding hydrogens is 214 g/mol. The fourth-order valence-corrected chi connectivity index (χ4v) is 1.57. The molecule has 0 aromatic carbocycles. The van der Waals surface area contributed by atoms with E-state index in [-0.39, 0.29) is 0 Å². The second kappa shape index (κ2) is 4.13. The smallest absolute Gasteiger partial charge is 0.115 e. The minimum atomic E-state index is 0.841. The first kappa shape index (κ1) is 9.65. The van der Waals surface area contributed by atoms with Gasteiger partial charge in [-0.3, -0.25) is 4.98 Å². The van der Waals surface area contributed by atoms with Gasteiger partial charge in [-0.05, 0) is 17.7 Å². The normalized spacial score (nSPS) is 10.4. The second-order valence-electron chi connectivity index (χ2n) is 3.51. The van der Waals surface area contributed by atoms with Crippen LogP contribution in [0.3, 0.4) is 0 Å². The van der Waals surface area contributed by atoms with Gasteiger partial charge in [-0.2, -0.15) is 5.10 Å². The molecular formula is C12H9N5. The summed E-state index contributed by atoms with van der Waals surface area (Å²) in [5.74, 6) is 0. The average molecular weight is 223 g/mol. The van der Waals surface area contributed by atoms with Crippen molar-refractivity contribution in [3.8, 4) is 16.8 Å². The maximum atomic E-state index is 4.28. The molecule has 0 fully saturated rings. The fourth-order valence-electron chi connectivity index (χ4n) is 1.57. The Kier molecular flexibility index (Phi) is 2.34. The van der Waals surface area contributed by atoms with Gasteiger partial charge in [0.25, 0.3) is 0 Å². The lowest BCUT2D eigenvalue weighted by atomic mass is 10.1. The van der Waals surface area contributed by atoms with Crippen LogP contribution in [0.4, 0.5) is 0 Å². The first-order chi connectivity index (χ1) is 8.43. The summed E-state index contributed by atoms with van der Waals surface area (Å²) in [4.78, 5) is 11.9. The van der Waals surface area contributed by atoms with Gasteiger partial charge >= 0.3 is 0 Å². The van der Waals surface area contributed by atoms with Gasteiger partial charge < -0.3 is 0 Å². The summed E-state index contributed by atoms with van der Waals surface area (Å²) in [5, 5.41) is 4.28. The zero-order valence-corrected chi connectivity index (χ0v) is 8.93. The number of nitrogens with zero attached hydrogens (tertiary/aromatic N) is 5. The van der Waals surface area contributed by atoms with E-state index in [9.17, 15) is 0 Å². The molecule has 0 saturated carbocycles. The van der Waals surface area contributed by atoms with E-state index in [1.54, 1.807) is 29.5 Å². The van der Waals surface area contributed by atoms with Crippen LogP contribution < -0.4 is 0 Å². The predicted octanol–water partition coefficient (Wildman–Crippen LogP) is 1.72. The van der Waals surface area contributed by atoms with Gasteiger partial charge in [0.15, 0.2) is 0 Å². The zero-order valence-electron chi connectivity index (χ0n) is 8.93. The van der Waals surface area contributed by atoms with Crippen molar-refractivity contribution in [3.63, 3.8) is 0 Å². The average Bonchev–Trinajstić information content (AvgIpc) is 2.90. The first-order valence-corrected chi connectivity index (χ1v) is 5.14. The summed E-state index contributed by atoms with van der Waals surface area (Å²) in [6.45, 7) is 0. The molecule has 0 N–H and O–H groups in total. The Balaban J connectivity index is 1.99. The van der Waals surface area contributed by atoms with E-state index < -0.39 is 0 Å². The highest BCUT2D eigenvalue weighted by Gasteiger charge is 2.02. The summed E-state index contributed by atoms with van der Waals surface area (Å²) in [5.41, 5.74) is 2.96. The van der Waals surface area contributed by atoms with Crippen LogP contribution in [0.1, 0.15) is 0 Å². The second-order valence-corrected chi connectivity index (χ2v) is 3.51. The van der Waals surface area contributed by atoms with E-state index >= 15 is 0 Å². The molecule has 5 heteroatoms. The number of rotatable bonds is 2. The summed E-state index contributed by atoms with van der Waals surface area (Å²) in [6.07, 6.45) is 12.2. The van der Waals surface area contributed by atoms with Crippen LogP contribution in [-0.2, 0) is 0 Å².